The van der Waals surface area contributed by atoms with Crippen molar-refractivity contribution in [1.82, 2.24) is 0 Å². The Morgan fingerprint density at radius 1 is 0.767 bits per heavy atom. The molecule has 0 aliphatic heterocycles. The van der Waals surface area contributed by atoms with Crippen LogP contribution >= 0.6 is 0 Å². The molecule has 0 aliphatic carbocycles. The van der Waals surface area contributed by atoms with Crippen molar-refractivity contribution in [2.24, 2.45) is 0 Å². The molecule has 3 aromatic carbocycles. The predicted octanol–water partition coefficient (Wildman–Crippen LogP) is 5.33. The topological polar surface area (TPSA) is 43.4 Å². The predicted molar refractivity (Wildman–Crippen MR) is 117 cm³/mol. The van der Waals surface area contributed by atoms with Crippen molar-refractivity contribution in [3.8, 4) is 5.75 Å². The summed E-state index contributed by atoms with van der Waals surface area (Å²) in [6, 6.07) is 23.8. The van der Waals surface area contributed by atoms with Crippen LogP contribution in [0.25, 0.3) is 0 Å². The second-order valence-electron chi connectivity index (χ2n) is 7.17. The van der Waals surface area contributed by atoms with Crippen LogP contribution < -0.4 is 13.7 Å². The van der Waals surface area contributed by atoms with E-state index in [1.807, 2.05) is 30.3 Å². The first-order valence-electron chi connectivity index (χ1n) is 10.4. The SMILES string of the molecule is CCCCCCCc1cc[c]([Co](=[O])[c]2ccc(C(=O)Oc3ccccc3)cc2)cc1. The molecule has 0 heterocycles. The van der Waals surface area contributed by atoms with E-state index in [0.29, 0.717) is 15.8 Å². The molecule has 159 valence electrons. The molecule has 0 aliphatic rings. The summed E-state index contributed by atoms with van der Waals surface area (Å²) in [7, 11) is 0. The molecule has 0 bridgehead atoms. The Balaban J connectivity index is 1.56. The minimum atomic E-state index is -1.66. The van der Waals surface area contributed by atoms with Gasteiger partial charge in [0.15, 0.2) is 0 Å². The van der Waals surface area contributed by atoms with Gasteiger partial charge < -0.3 is 0 Å². The average molecular weight is 447 g/mol. The Morgan fingerprint density at radius 3 is 2.00 bits per heavy atom. The molecule has 0 aromatic heterocycles. The van der Waals surface area contributed by atoms with Crippen LogP contribution in [0.1, 0.15) is 54.9 Å². The molecule has 30 heavy (non-hydrogen) atoms. The van der Waals surface area contributed by atoms with E-state index >= 15 is 0 Å². The van der Waals surface area contributed by atoms with Crippen molar-refractivity contribution >= 4 is 15.0 Å². The molecule has 3 rings (SSSR count). The number of carbonyl (C=O) groups is 1. The molecule has 0 fully saturated rings. The Bertz CT molecular complexity index is 948. The maximum atomic E-state index is 12.9. The minimum absolute atomic E-state index is 0.425. The van der Waals surface area contributed by atoms with Crippen molar-refractivity contribution in [2.45, 2.75) is 45.4 Å². The first-order valence-corrected chi connectivity index (χ1v) is 11.9. The second-order valence-corrected chi connectivity index (χ2v) is 9.06. The Hall–Kier alpha value is -2.56. The standard InChI is InChI=1S/C13H9O2.C13H19.Co.O/c14-13(11-7-3-1-4-8-11)15-12-9-5-2-6-10-12;1-2-3-4-5-7-10-13-11-8-6-9-12-13;;/h2-10H;8-9,11-12H,2-5,7,10H2,1H3;;. The molecule has 0 saturated carbocycles. The molecule has 0 unspecified atom stereocenters. The summed E-state index contributed by atoms with van der Waals surface area (Å²) in [5.74, 6) is 0.0777. The molecule has 0 atom stereocenters. The third-order valence-electron chi connectivity index (χ3n) is 4.84. The third kappa shape index (κ3) is 6.47. The number of hydrogen-bond donors (Lipinski definition) is 0. The number of aryl methyl sites for hydroxylation is 1. The summed E-state index contributed by atoms with van der Waals surface area (Å²) in [6.45, 7) is 2.23. The number of para-hydroxylation sites is 1. The zero-order chi connectivity index (χ0) is 21.2. The van der Waals surface area contributed by atoms with E-state index in [4.69, 9.17) is 4.74 Å². The molecule has 0 spiro atoms. The van der Waals surface area contributed by atoms with Gasteiger partial charge in [-0.05, 0) is 0 Å². The van der Waals surface area contributed by atoms with Gasteiger partial charge in [0.2, 0.25) is 0 Å². The van der Waals surface area contributed by atoms with Gasteiger partial charge in [-0.15, -0.1) is 0 Å². The Kier molecular flexibility index (Phi) is 8.54. The summed E-state index contributed by atoms with van der Waals surface area (Å²) < 4.78 is 19.7. The van der Waals surface area contributed by atoms with Crippen molar-refractivity contribution in [3.05, 3.63) is 90.0 Å². The Morgan fingerprint density at radius 2 is 1.37 bits per heavy atom. The van der Waals surface area contributed by atoms with Gasteiger partial charge in [-0.3, -0.25) is 0 Å². The van der Waals surface area contributed by atoms with E-state index in [1.165, 1.54) is 37.7 Å². The molecule has 3 nitrogen and oxygen atoms in total. The van der Waals surface area contributed by atoms with Gasteiger partial charge >= 0.3 is 183 Å². The fourth-order valence-electron chi connectivity index (χ4n) is 3.12. The van der Waals surface area contributed by atoms with Crippen molar-refractivity contribution < 1.29 is 27.0 Å². The zero-order valence-corrected chi connectivity index (χ0v) is 18.3. The fourth-order valence-corrected chi connectivity index (χ4v) is 4.45. The molecule has 0 saturated heterocycles. The quantitative estimate of drug-likeness (QED) is 0.240. The van der Waals surface area contributed by atoms with E-state index in [1.54, 1.807) is 36.4 Å². The average Bonchev–Trinajstić information content (AvgIpc) is 2.80. The first-order chi connectivity index (χ1) is 14.7. The van der Waals surface area contributed by atoms with Crippen LogP contribution in [0.15, 0.2) is 78.9 Å². The number of carbonyl (C=O) groups excluding carboxylic acids is 1. The van der Waals surface area contributed by atoms with Crippen LogP contribution in [-0.4, -0.2) is 5.97 Å². The normalized spacial score (nSPS) is 11.2. The van der Waals surface area contributed by atoms with Gasteiger partial charge in [0, 0.05) is 0 Å². The molecule has 0 radical (unpaired) electrons. The molecule has 0 N–H and O–H groups in total. The number of esters is 1. The van der Waals surface area contributed by atoms with E-state index in [-0.39, 0.29) is 0 Å². The molecule has 0 amide bonds. The van der Waals surface area contributed by atoms with Crippen LogP contribution in [-0.2, 0) is 23.9 Å². The summed E-state index contributed by atoms with van der Waals surface area (Å²) >= 11 is -1.66. The van der Waals surface area contributed by atoms with Crippen LogP contribution in [0.2, 0.25) is 0 Å². The van der Waals surface area contributed by atoms with E-state index in [9.17, 15) is 8.66 Å². The van der Waals surface area contributed by atoms with Gasteiger partial charge in [-0.25, -0.2) is 0 Å². The van der Waals surface area contributed by atoms with Gasteiger partial charge in [0.05, 0.1) is 0 Å². The number of hydrogen-bond acceptors (Lipinski definition) is 3. The first kappa shape index (κ1) is 22.1. The van der Waals surface area contributed by atoms with Crippen LogP contribution in [0.4, 0.5) is 0 Å². The fraction of sp³-hybridized carbons (Fsp3) is 0.269. The van der Waals surface area contributed by atoms with Crippen LogP contribution in [0, 0.1) is 0 Å². The Labute approximate surface area is 183 Å². The molecule has 4 heteroatoms. The summed E-state index contributed by atoms with van der Waals surface area (Å²) in [5, 5.41) is 0. The van der Waals surface area contributed by atoms with Crippen molar-refractivity contribution in [1.29, 1.82) is 0 Å². The van der Waals surface area contributed by atoms with Crippen molar-refractivity contribution in [3.63, 3.8) is 0 Å². The monoisotopic (exact) mass is 447 g/mol. The van der Waals surface area contributed by atoms with E-state index < -0.39 is 19.6 Å². The van der Waals surface area contributed by atoms with Gasteiger partial charge in [-0.1, -0.05) is 0 Å². The summed E-state index contributed by atoms with van der Waals surface area (Å²) in [5.41, 5.74) is 1.72. The van der Waals surface area contributed by atoms with Crippen LogP contribution in [0.5, 0.6) is 5.75 Å². The van der Waals surface area contributed by atoms with E-state index in [2.05, 4.69) is 19.1 Å². The summed E-state index contributed by atoms with van der Waals surface area (Å²) in [6.07, 6.45) is 7.40. The zero-order valence-electron chi connectivity index (χ0n) is 17.3. The van der Waals surface area contributed by atoms with E-state index in [0.717, 1.165) is 10.9 Å². The third-order valence-corrected chi connectivity index (χ3v) is 6.62. The number of unbranched alkanes of at least 4 members (excludes halogenated alkanes) is 4. The molecular formula is C26H28CoO3. The van der Waals surface area contributed by atoms with Crippen molar-refractivity contribution in [2.75, 3.05) is 0 Å². The summed E-state index contributed by atoms with van der Waals surface area (Å²) in [4.78, 5) is 12.3. The van der Waals surface area contributed by atoms with Gasteiger partial charge in [-0.2, -0.15) is 0 Å². The second kappa shape index (κ2) is 11.6. The van der Waals surface area contributed by atoms with Crippen LogP contribution in [0.3, 0.4) is 0 Å². The molecule has 3 aromatic rings. The number of ether oxygens (including phenoxy) is 1. The number of rotatable bonds is 10. The number of benzene rings is 3. The maximum absolute atomic E-state index is 12.9. The molecular weight excluding hydrogens is 419 g/mol. The van der Waals surface area contributed by atoms with Gasteiger partial charge in [0.25, 0.3) is 0 Å². The van der Waals surface area contributed by atoms with Gasteiger partial charge in [0.1, 0.15) is 0 Å².